The van der Waals surface area contributed by atoms with E-state index in [4.69, 9.17) is 5.73 Å². The summed E-state index contributed by atoms with van der Waals surface area (Å²) >= 11 is 0. The Hall–Kier alpha value is -2.01. The summed E-state index contributed by atoms with van der Waals surface area (Å²) in [6.45, 7) is 2.37. The Kier molecular flexibility index (Phi) is 3.99. The topological polar surface area (TPSA) is 35.2 Å². The first-order chi connectivity index (χ1) is 9.40. The van der Waals surface area contributed by atoms with Crippen LogP contribution in [0.15, 0.2) is 42.5 Å². The normalized spacial score (nSPS) is 11.4. The van der Waals surface area contributed by atoms with Gasteiger partial charge >= 0.3 is 6.36 Å². The second kappa shape index (κ2) is 5.54. The summed E-state index contributed by atoms with van der Waals surface area (Å²) in [7, 11) is 0. The highest BCUT2D eigenvalue weighted by Gasteiger charge is 2.30. The lowest BCUT2D eigenvalue weighted by Gasteiger charge is -2.12. The number of benzene rings is 2. The van der Waals surface area contributed by atoms with Gasteiger partial charge in [0.15, 0.2) is 0 Å². The van der Waals surface area contributed by atoms with Gasteiger partial charge < -0.3 is 10.5 Å². The molecule has 0 aromatic heterocycles. The molecule has 0 spiro atoms. The van der Waals surface area contributed by atoms with Gasteiger partial charge in [0.05, 0.1) is 0 Å². The maximum atomic E-state index is 12.1. The van der Waals surface area contributed by atoms with E-state index in [0.717, 1.165) is 22.3 Å². The van der Waals surface area contributed by atoms with Crippen molar-refractivity contribution in [1.29, 1.82) is 0 Å². The van der Waals surface area contributed by atoms with Crippen molar-refractivity contribution in [1.82, 2.24) is 0 Å². The standard InChI is InChI=1S/C15H14F3NO/c1-10-12(9-19)3-2-4-14(10)11-5-7-13(8-6-11)20-15(16,17)18/h2-8H,9,19H2,1H3. The summed E-state index contributed by atoms with van der Waals surface area (Å²) < 4.78 is 40.1. The van der Waals surface area contributed by atoms with Crippen molar-refractivity contribution in [3.8, 4) is 16.9 Å². The van der Waals surface area contributed by atoms with Gasteiger partial charge in [-0.25, -0.2) is 0 Å². The van der Waals surface area contributed by atoms with Crippen molar-refractivity contribution < 1.29 is 17.9 Å². The van der Waals surface area contributed by atoms with Crippen molar-refractivity contribution in [2.24, 2.45) is 5.73 Å². The lowest BCUT2D eigenvalue weighted by atomic mass is 9.96. The predicted octanol–water partition coefficient (Wildman–Crippen LogP) is 4.02. The van der Waals surface area contributed by atoms with Crippen LogP contribution in [0, 0.1) is 6.92 Å². The zero-order chi connectivity index (χ0) is 14.8. The quantitative estimate of drug-likeness (QED) is 0.922. The van der Waals surface area contributed by atoms with Gasteiger partial charge in [0.1, 0.15) is 5.75 Å². The Labute approximate surface area is 115 Å². The Balaban J connectivity index is 2.31. The smallest absolute Gasteiger partial charge is 0.406 e. The summed E-state index contributed by atoms with van der Waals surface area (Å²) in [5.41, 5.74) is 9.46. The molecule has 5 heteroatoms. The molecule has 0 heterocycles. The molecule has 0 bridgehead atoms. The molecule has 0 saturated heterocycles. The number of ether oxygens (including phenoxy) is 1. The molecule has 0 saturated carbocycles. The predicted molar refractivity (Wildman–Crippen MR) is 71.2 cm³/mol. The second-order valence-electron chi connectivity index (χ2n) is 4.37. The van der Waals surface area contributed by atoms with Gasteiger partial charge in [-0.1, -0.05) is 30.3 Å². The van der Waals surface area contributed by atoms with Crippen molar-refractivity contribution in [2.75, 3.05) is 0 Å². The third kappa shape index (κ3) is 3.30. The van der Waals surface area contributed by atoms with E-state index < -0.39 is 6.36 Å². The van der Waals surface area contributed by atoms with Crippen LogP contribution in [-0.4, -0.2) is 6.36 Å². The number of hydrogen-bond donors (Lipinski definition) is 1. The van der Waals surface area contributed by atoms with Gasteiger partial charge in [0, 0.05) is 6.54 Å². The van der Waals surface area contributed by atoms with Crippen LogP contribution in [0.1, 0.15) is 11.1 Å². The molecule has 0 aliphatic heterocycles. The molecule has 2 nitrogen and oxygen atoms in total. The minimum atomic E-state index is -4.67. The van der Waals surface area contributed by atoms with Gasteiger partial charge in [0.25, 0.3) is 0 Å². The first kappa shape index (κ1) is 14.4. The molecule has 0 aliphatic rings. The fourth-order valence-corrected chi connectivity index (χ4v) is 2.05. The molecule has 0 amide bonds. The van der Waals surface area contributed by atoms with E-state index >= 15 is 0 Å². The Morgan fingerprint density at radius 2 is 1.70 bits per heavy atom. The molecule has 20 heavy (non-hydrogen) atoms. The summed E-state index contributed by atoms with van der Waals surface area (Å²) in [4.78, 5) is 0. The Bertz CT molecular complexity index is 591. The number of hydrogen-bond acceptors (Lipinski definition) is 2. The molecule has 0 fully saturated rings. The van der Waals surface area contributed by atoms with Crippen LogP contribution < -0.4 is 10.5 Å². The molecule has 0 unspecified atom stereocenters. The molecule has 2 rings (SSSR count). The van der Waals surface area contributed by atoms with Crippen LogP contribution in [0.2, 0.25) is 0 Å². The average Bonchev–Trinajstić information content (AvgIpc) is 2.38. The van der Waals surface area contributed by atoms with Gasteiger partial charge in [-0.15, -0.1) is 13.2 Å². The number of rotatable bonds is 3. The monoisotopic (exact) mass is 281 g/mol. The third-order valence-electron chi connectivity index (χ3n) is 3.06. The Morgan fingerprint density at radius 1 is 1.05 bits per heavy atom. The number of halogens is 3. The highest BCUT2D eigenvalue weighted by Crippen LogP contribution is 2.29. The van der Waals surface area contributed by atoms with E-state index in [0.29, 0.717) is 6.54 Å². The number of alkyl halides is 3. The van der Waals surface area contributed by atoms with E-state index in [2.05, 4.69) is 4.74 Å². The molecule has 0 aliphatic carbocycles. The highest BCUT2D eigenvalue weighted by atomic mass is 19.4. The first-order valence-corrected chi connectivity index (χ1v) is 6.05. The van der Waals surface area contributed by atoms with Crippen molar-refractivity contribution >= 4 is 0 Å². The zero-order valence-corrected chi connectivity index (χ0v) is 10.9. The molecule has 2 N–H and O–H groups in total. The van der Waals surface area contributed by atoms with Crippen LogP contribution in [0.5, 0.6) is 5.75 Å². The highest BCUT2D eigenvalue weighted by molar-refractivity contribution is 5.69. The van der Waals surface area contributed by atoms with Crippen LogP contribution in [0.4, 0.5) is 13.2 Å². The summed E-state index contributed by atoms with van der Waals surface area (Å²) in [5, 5.41) is 0. The third-order valence-corrected chi connectivity index (χ3v) is 3.06. The minimum Gasteiger partial charge on any atom is -0.406 e. The lowest BCUT2D eigenvalue weighted by Crippen LogP contribution is -2.16. The fraction of sp³-hybridized carbons (Fsp3) is 0.200. The largest absolute Gasteiger partial charge is 0.573 e. The van der Waals surface area contributed by atoms with E-state index in [1.807, 2.05) is 25.1 Å². The van der Waals surface area contributed by atoms with Crippen molar-refractivity contribution in [2.45, 2.75) is 19.8 Å². The van der Waals surface area contributed by atoms with Gasteiger partial charge in [-0.3, -0.25) is 0 Å². The Morgan fingerprint density at radius 3 is 2.25 bits per heavy atom. The van der Waals surface area contributed by atoms with Crippen molar-refractivity contribution in [3.63, 3.8) is 0 Å². The van der Waals surface area contributed by atoms with Gasteiger partial charge in [0.2, 0.25) is 0 Å². The molecule has 0 radical (unpaired) electrons. The molecule has 2 aromatic carbocycles. The van der Waals surface area contributed by atoms with E-state index in [-0.39, 0.29) is 5.75 Å². The average molecular weight is 281 g/mol. The molecule has 106 valence electrons. The van der Waals surface area contributed by atoms with Crippen LogP contribution in [-0.2, 0) is 6.54 Å². The van der Waals surface area contributed by atoms with Gasteiger partial charge in [-0.2, -0.15) is 0 Å². The minimum absolute atomic E-state index is 0.228. The van der Waals surface area contributed by atoms with Crippen LogP contribution in [0.25, 0.3) is 11.1 Å². The number of nitrogens with two attached hydrogens (primary N) is 1. The maximum absolute atomic E-state index is 12.1. The van der Waals surface area contributed by atoms with Crippen LogP contribution in [0.3, 0.4) is 0 Å². The molecule has 0 atom stereocenters. The van der Waals surface area contributed by atoms with Crippen molar-refractivity contribution in [3.05, 3.63) is 53.6 Å². The van der Waals surface area contributed by atoms with E-state index in [9.17, 15) is 13.2 Å². The summed E-state index contributed by atoms with van der Waals surface area (Å²) in [6.07, 6.45) is -4.67. The van der Waals surface area contributed by atoms with Crippen LogP contribution >= 0.6 is 0 Å². The van der Waals surface area contributed by atoms with Gasteiger partial charge in [-0.05, 0) is 41.3 Å². The summed E-state index contributed by atoms with van der Waals surface area (Å²) in [6, 6.07) is 11.5. The first-order valence-electron chi connectivity index (χ1n) is 6.05. The zero-order valence-electron chi connectivity index (χ0n) is 10.9. The second-order valence-corrected chi connectivity index (χ2v) is 4.37. The fourth-order valence-electron chi connectivity index (χ4n) is 2.05. The summed E-state index contributed by atoms with van der Waals surface area (Å²) in [5.74, 6) is -0.228. The van der Waals surface area contributed by atoms with E-state index in [1.54, 1.807) is 12.1 Å². The molecule has 2 aromatic rings. The lowest BCUT2D eigenvalue weighted by molar-refractivity contribution is -0.274. The molecular formula is C15H14F3NO. The van der Waals surface area contributed by atoms with E-state index in [1.165, 1.54) is 12.1 Å². The molecular weight excluding hydrogens is 267 g/mol. The SMILES string of the molecule is Cc1c(CN)cccc1-c1ccc(OC(F)(F)F)cc1. The maximum Gasteiger partial charge on any atom is 0.573 e.